The molecule has 6 rings (SSSR count). The predicted octanol–water partition coefficient (Wildman–Crippen LogP) is 4.39. The van der Waals surface area contributed by atoms with Gasteiger partial charge in [-0.15, -0.1) is 5.10 Å². The number of fused-ring (bicyclic) bond motifs is 1. The Balaban J connectivity index is 1.42. The maximum Gasteiger partial charge on any atom is 0.433 e. The van der Waals surface area contributed by atoms with E-state index in [4.69, 9.17) is 10.5 Å². The molecule has 6 heterocycles. The van der Waals surface area contributed by atoms with Gasteiger partial charge in [0, 0.05) is 54.7 Å². The van der Waals surface area contributed by atoms with Gasteiger partial charge in [0.15, 0.2) is 5.65 Å². The molecule has 1 unspecified atom stereocenters. The van der Waals surface area contributed by atoms with Crippen LogP contribution in [-0.4, -0.2) is 58.3 Å². The van der Waals surface area contributed by atoms with Crippen molar-refractivity contribution in [2.75, 3.05) is 18.9 Å². The first kappa shape index (κ1) is 29.3. The Kier molecular flexibility index (Phi) is 7.35. The van der Waals surface area contributed by atoms with Crippen LogP contribution >= 0.6 is 0 Å². The van der Waals surface area contributed by atoms with Crippen LogP contribution in [0.4, 0.5) is 32.3 Å². The lowest BCUT2D eigenvalue weighted by Gasteiger charge is -2.30. The Morgan fingerprint density at radius 3 is 2.43 bits per heavy atom. The predicted molar refractivity (Wildman–Crippen MR) is 143 cm³/mol. The first-order valence-corrected chi connectivity index (χ1v) is 13.3. The van der Waals surface area contributed by atoms with E-state index in [0.29, 0.717) is 47.3 Å². The Labute approximate surface area is 243 Å². The van der Waals surface area contributed by atoms with Crippen LogP contribution in [0.1, 0.15) is 30.1 Å². The van der Waals surface area contributed by atoms with Gasteiger partial charge in [-0.2, -0.15) is 36.4 Å². The normalized spacial score (nSPS) is 15.6. The molecule has 5 aromatic heterocycles. The van der Waals surface area contributed by atoms with Crippen molar-refractivity contribution < 1.29 is 31.1 Å². The van der Waals surface area contributed by atoms with Crippen molar-refractivity contribution in [1.82, 2.24) is 38.9 Å². The number of aromatic nitrogens is 8. The average Bonchev–Trinajstić information content (AvgIpc) is 3.60. The summed E-state index contributed by atoms with van der Waals surface area (Å²) >= 11 is 0. The van der Waals surface area contributed by atoms with E-state index in [1.54, 1.807) is 29.3 Å². The molecule has 0 aromatic carbocycles. The van der Waals surface area contributed by atoms with Crippen molar-refractivity contribution in [2.24, 2.45) is 5.92 Å². The minimum absolute atomic E-state index is 0.0120. The second-order valence-corrected chi connectivity index (χ2v) is 10.3. The van der Waals surface area contributed by atoms with Gasteiger partial charge >= 0.3 is 12.4 Å². The highest BCUT2D eigenvalue weighted by Crippen LogP contribution is 2.36. The second-order valence-electron chi connectivity index (χ2n) is 10.3. The van der Waals surface area contributed by atoms with Gasteiger partial charge in [0.2, 0.25) is 5.95 Å². The summed E-state index contributed by atoms with van der Waals surface area (Å²) in [6, 6.07) is 3.48. The highest BCUT2D eigenvalue weighted by Gasteiger charge is 2.34. The van der Waals surface area contributed by atoms with Crippen LogP contribution in [0.2, 0.25) is 0 Å². The summed E-state index contributed by atoms with van der Waals surface area (Å²) in [5.74, 6) is -0.112. The standard InChI is InChI=1S/C27H23F6N9O2/c28-26(29,30)14-40-13-20(35-10-22(40)43)19-7-17(11-42-24(19)38-25(34)39-42)18-9-37-41(12-18)23(15-3-5-44-6-4-15)16-1-2-21(36-8-16)27(31,32)33/h1-2,7-13,15,23H,3-6,14H2,(H2,34,39). The molecule has 2 N–H and O–H groups in total. The number of anilines is 1. The number of nitrogens with two attached hydrogens (primary N) is 1. The number of nitrogens with zero attached hydrogens (tertiary/aromatic N) is 8. The topological polar surface area (TPSA) is 131 Å². The summed E-state index contributed by atoms with van der Waals surface area (Å²) in [6.07, 6.45) is -0.0942. The number of rotatable bonds is 6. The van der Waals surface area contributed by atoms with Crippen LogP contribution in [0.15, 0.2) is 60.2 Å². The van der Waals surface area contributed by atoms with E-state index in [1.165, 1.54) is 16.8 Å². The molecule has 1 aliphatic heterocycles. The lowest BCUT2D eigenvalue weighted by molar-refractivity contribution is -0.142. The molecule has 44 heavy (non-hydrogen) atoms. The third kappa shape index (κ3) is 5.99. The summed E-state index contributed by atoms with van der Waals surface area (Å²) in [5.41, 5.74) is 5.96. The van der Waals surface area contributed by atoms with Gasteiger partial charge < -0.3 is 15.0 Å². The van der Waals surface area contributed by atoms with Crippen molar-refractivity contribution in [3.05, 3.63) is 77.0 Å². The number of nitrogen functional groups attached to an aromatic ring is 1. The molecule has 0 radical (unpaired) electrons. The number of hydrogen-bond acceptors (Lipinski definition) is 8. The Hall–Kier alpha value is -4.80. The molecular weight excluding hydrogens is 596 g/mol. The van der Waals surface area contributed by atoms with E-state index in [9.17, 15) is 31.1 Å². The molecule has 17 heteroatoms. The lowest BCUT2D eigenvalue weighted by atomic mass is 9.87. The fraction of sp³-hybridized carbons (Fsp3) is 0.333. The Morgan fingerprint density at radius 2 is 1.75 bits per heavy atom. The SMILES string of the molecule is Nc1nc2c(-c3cn(CC(F)(F)F)c(=O)cn3)cc(-c3cnn(C(c4ccc(C(F)(F)F)nc4)C4CCOCC4)c3)cn2n1. The molecule has 0 amide bonds. The van der Waals surface area contributed by atoms with Gasteiger partial charge in [-0.05, 0) is 36.5 Å². The van der Waals surface area contributed by atoms with Crippen LogP contribution in [0.3, 0.4) is 0 Å². The summed E-state index contributed by atoms with van der Waals surface area (Å²) in [6.45, 7) is -0.535. The molecular formula is C27H23F6N9O2. The van der Waals surface area contributed by atoms with E-state index < -0.39 is 36.2 Å². The molecule has 0 saturated carbocycles. The lowest BCUT2D eigenvalue weighted by Crippen LogP contribution is -2.27. The van der Waals surface area contributed by atoms with Gasteiger partial charge in [-0.3, -0.25) is 14.5 Å². The van der Waals surface area contributed by atoms with Crippen molar-refractivity contribution in [1.29, 1.82) is 0 Å². The minimum Gasteiger partial charge on any atom is -0.381 e. The number of halogens is 6. The molecule has 0 bridgehead atoms. The highest BCUT2D eigenvalue weighted by atomic mass is 19.4. The fourth-order valence-electron chi connectivity index (χ4n) is 5.31. The zero-order chi connectivity index (χ0) is 31.2. The Bertz CT molecular complexity index is 1850. The van der Waals surface area contributed by atoms with E-state index in [1.807, 2.05) is 0 Å². The summed E-state index contributed by atoms with van der Waals surface area (Å²) in [4.78, 5) is 23.9. The maximum atomic E-state index is 13.2. The molecule has 0 aliphatic carbocycles. The van der Waals surface area contributed by atoms with E-state index in [2.05, 4.69) is 25.1 Å². The molecule has 1 atom stereocenters. The third-order valence-electron chi connectivity index (χ3n) is 7.30. The summed E-state index contributed by atoms with van der Waals surface area (Å²) in [7, 11) is 0. The summed E-state index contributed by atoms with van der Waals surface area (Å²) < 4.78 is 87.8. The number of ether oxygens (including phenoxy) is 1. The van der Waals surface area contributed by atoms with E-state index in [0.717, 1.165) is 18.5 Å². The second kappa shape index (κ2) is 11.0. The van der Waals surface area contributed by atoms with Gasteiger partial charge in [0.1, 0.15) is 12.2 Å². The largest absolute Gasteiger partial charge is 0.433 e. The molecule has 0 spiro atoms. The third-order valence-corrected chi connectivity index (χ3v) is 7.30. The molecule has 11 nitrogen and oxygen atoms in total. The zero-order valence-electron chi connectivity index (χ0n) is 22.6. The number of hydrogen-bond donors (Lipinski definition) is 1. The number of alkyl halides is 6. The highest BCUT2D eigenvalue weighted by molar-refractivity contribution is 5.80. The first-order chi connectivity index (χ1) is 20.9. The monoisotopic (exact) mass is 619 g/mol. The van der Waals surface area contributed by atoms with Gasteiger partial charge in [-0.1, -0.05) is 6.07 Å². The molecule has 1 fully saturated rings. The van der Waals surface area contributed by atoms with Crippen molar-refractivity contribution in [3.63, 3.8) is 0 Å². The van der Waals surface area contributed by atoms with Crippen LogP contribution in [0, 0.1) is 5.92 Å². The van der Waals surface area contributed by atoms with Crippen molar-refractivity contribution in [2.45, 2.75) is 37.8 Å². The summed E-state index contributed by atoms with van der Waals surface area (Å²) in [5, 5.41) is 8.68. The average molecular weight is 620 g/mol. The fourth-order valence-corrected chi connectivity index (χ4v) is 5.31. The van der Waals surface area contributed by atoms with Crippen LogP contribution < -0.4 is 11.3 Å². The molecule has 5 aromatic rings. The zero-order valence-corrected chi connectivity index (χ0v) is 22.6. The van der Waals surface area contributed by atoms with E-state index >= 15 is 0 Å². The van der Waals surface area contributed by atoms with Gasteiger partial charge in [-0.25, -0.2) is 9.50 Å². The van der Waals surface area contributed by atoms with Crippen molar-refractivity contribution in [3.8, 4) is 22.4 Å². The smallest absolute Gasteiger partial charge is 0.381 e. The quantitative estimate of drug-likeness (QED) is 0.277. The van der Waals surface area contributed by atoms with Crippen LogP contribution in [0.25, 0.3) is 28.0 Å². The van der Waals surface area contributed by atoms with Gasteiger partial charge in [0.25, 0.3) is 5.56 Å². The molecule has 230 valence electrons. The molecule has 1 aliphatic rings. The number of pyridine rings is 2. The minimum atomic E-state index is -4.64. The molecule has 1 saturated heterocycles. The van der Waals surface area contributed by atoms with Crippen LogP contribution in [-0.2, 0) is 17.5 Å². The van der Waals surface area contributed by atoms with Crippen molar-refractivity contribution >= 4 is 11.6 Å². The van der Waals surface area contributed by atoms with E-state index in [-0.39, 0.29) is 28.8 Å². The van der Waals surface area contributed by atoms with Gasteiger partial charge in [0.05, 0.1) is 24.1 Å². The Morgan fingerprint density at radius 1 is 0.977 bits per heavy atom. The van der Waals surface area contributed by atoms with Crippen LogP contribution in [0.5, 0.6) is 0 Å². The first-order valence-electron chi connectivity index (χ1n) is 13.3. The maximum absolute atomic E-state index is 13.2.